The molecule has 1 N–H and O–H groups in total. The highest BCUT2D eigenvalue weighted by Gasteiger charge is 2.38. The highest BCUT2D eigenvalue weighted by Crippen LogP contribution is 2.25. The van der Waals surface area contributed by atoms with E-state index in [1.165, 1.54) is 0 Å². The first kappa shape index (κ1) is 10.5. The van der Waals surface area contributed by atoms with Gasteiger partial charge in [0, 0.05) is 19.5 Å². The summed E-state index contributed by atoms with van der Waals surface area (Å²) in [5.41, 5.74) is 0.589. The Kier molecular flexibility index (Phi) is 2.67. The SMILES string of the molecule is COc1cccc(CC2(O)CN(C)C2)c1. The van der Waals surface area contributed by atoms with Crippen LogP contribution in [-0.4, -0.2) is 42.9 Å². The van der Waals surface area contributed by atoms with Crippen LogP contribution in [0.1, 0.15) is 5.56 Å². The van der Waals surface area contributed by atoms with Crippen molar-refractivity contribution in [2.75, 3.05) is 27.2 Å². The van der Waals surface area contributed by atoms with Gasteiger partial charge in [-0.05, 0) is 24.7 Å². The van der Waals surface area contributed by atoms with Gasteiger partial charge >= 0.3 is 0 Å². The summed E-state index contributed by atoms with van der Waals surface area (Å²) in [5, 5.41) is 10.1. The van der Waals surface area contributed by atoms with Gasteiger partial charge in [-0.15, -0.1) is 0 Å². The van der Waals surface area contributed by atoms with Gasteiger partial charge < -0.3 is 14.7 Å². The third kappa shape index (κ3) is 2.30. The molecule has 0 saturated carbocycles. The Hall–Kier alpha value is -1.06. The third-order valence-electron chi connectivity index (χ3n) is 2.80. The zero-order valence-corrected chi connectivity index (χ0v) is 9.23. The smallest absolute Gasteiger partial charge is 0.119 e. The molecule has 2 rings (SSSR count). The van der Waals surface area contributed by atoms with Gasteiger partial charge in [0.05, 0.1) is 12.7 Å². The molecule has 0 aromatic heterocycles. The lowest BCUT2D eigenvalue weighted by Crippen LogP contribution is -2.61. The zero-order valence-electron chi connectivity index (χ0n) is 9.23. The fourth-order valence-electron chi connectivity index (χ4n) is 2.23. The molecule has 15 heavy (non-hydrogen) atoms. The predicted octanol–water partition coefficient (Wildman–Crippen LogP) is 0.914. The van der Waals surface area contributed by atoms with Crippen molar-refractivity contribution in [3.8, 4) is 5.75 Å². The summed E-state index contributed by atoms with van der Waals surface area (Å²) < 4.78 is 5.15. The van der Waals surface area contributed by atoms with E-state index in [2.05, 4.69) is 4.90 Å². The standard InChI is InChI=1S/C12H17NO2/c1-13-8-12(14,9-13)7-10-4-3-5-11(6-10)15-2/h3-6,14H,7-9H2,1-2H3. The molecular weight excluding hydrogens is 190 g/mol. The first-order chi connectivity index (χ1) is 7.11. The number of hydrogen-bond donors (Lipinski definition) is 1. The molecule has 3 heteroatoms. The summed E-state index contributed by atoms with van der Waals surface area (Å²) in [6.07, 6.45) is 0.703. The van der Waals surface area contributed by atoms with Gasteiger partial charge in [-0.1, -0.05) is 12.1 Å². The minimum Gasteiger partial charge on any atom is -0.497 e. The van der Waals surface area contributed by atoms with Crippen molar-refractivity contribution in [2.45, 2.75) is 12.0 Å². The van der Waals surface area contributed by atoms with Gasteiger partial charge in [0.1, 0.15) is 5.75 Å². The van der Waals surface area contributed by atoms with E-state index in [4.69, 9.17) is 4.74 Å². The maximum Gasteiger partial charge on any atom is 0.119 e. The summed E-state index contributed by atoms with van der Waals surface area (Å²) in [5.74, 6) is 0.851. The predicted molar refractivity (Wildman–Crippen MR) is 59.1 cm³/mol. The van der Waals surface area contributed by atoms with E-state index in [0.717, 1.165) is 24.4 Å². The molecule has 0 unspecified atom stereocenters. The summed E-state index contributed by atoms with van der Waals surface area (Å²) in [4.78, 5) is 2.11. The monoisotopic (exact) mass is 207 g/mol. The van der Waals surface area contributed by atoms with E-state index in [0.29, 0.717) is 6.42 Å². The number of hydrogen-bond acceptors (Lipinski definition) is 3. The summed E-state index contributed by atoms with van der Waals surface area (Å²) >= 11 is 0. The van der Waals surface area contributed by atoms with Crippen LogP contribution in [0.5, 0.6) is 5.75 Å². The summed E-state index contributed by atoms with van der Waals surface area (Å²) in [7, 11) is 3.67. The Bertz CT molecular complexity index is 345. The highest BCUT2D eigenvalue weighted by atomic mass is 16.5. The Morgan fingerprint density at radius 1 is 1.47 bits per heavy atom. The molecular formula is C12H17NO2. The number of aliphatic hydroxyl groups is 1. The number of ether oxygens (including phenoxy) is 1. The molecule has 1 aromatic rings. The summed E-state index contributed by atoms with van der Waals surface area (Å²) in [6.45, 7) is 1.51. The minimum atomic E-state index is -0.541. The molecule has 3 nitrogen and oxygen atoms in total. The topological polar surface area (TPSA) is 32.7 Å². The lowest BCUT2D eigenvalue weighted by atomic mass is 9.87. The van der Waals surface area contributed by atoms with Crippen molar-refractivity contribution in [2.24, 2.45) is 0 Å². The van der Waals surface area contributed by atoms with Gasteiger partial charge in [0.2, 0.25) is 0 Å². The highest BCUT2D eigenvalue weighted by molar-refractivity contribution is 5.30. The first-order valence-electron chi connectivity index (χ1n) is 5.15. The van der Waals surface area contributed by atoms with Crippen LogP contribution < -0.4 is 4.74 Å². The molecule has 1 aliphatic heterocycles. The molecule has 1 aliphatic rings. The largest absolute Gasteiger partial charge is 0.497 e. The van der Waals surface area contributed by atoms with Gasteiger partial charge in [-0.25, -0.2) is 0 Å². The van der Waals surface area contributed by atoms with Crippen LogP contribution in [0.2, 0.25) is 0 Å². The molecule has 0 aliphatic carbocycles. The van der Waals surface area contributed by atoms with E-state index in [1.807, 2.05) is 31.3 Å². The molecule has 1 aromatic carbocycles. The number of methoxy groups -OCH3 is 1. The van der Waals surface area contributed by atoms with Crippen molar-refractivity contribution in [1.29, 1.82) is 0 Å². The van der Waals surface area contributed by atoms with Crippen LogP contribution >= 0.6 is 0 Å². The number of benzene rings is 1. The van der Waals surface area contributed by atoms with Crippen molar-refractivity contribution in [3.05, 3.63) is 29.8 Å². The van der Waals surface area contributed by atoms with Crippen molar-refractivity contribution < 1.29 is 9.84 Å². The third-order valence-corrected chi connectivity index (χ3v) is 2.80. The number of β-amino-alcohol motifs (C(OH)–C–C–N with tert-alkyl or cyclic N) is 1. The van der Waals surface area contributed by atoms with Crippen LogP contribution in [0.4, 0.5) is 0 Å². The van der Waals surface area contributed by atoms with E-state index >= 15 is 0 Å². The van der Waals surface area contributed by atoms with Gasteiger partial charge in [-0.3, -0.25) is 0 Å². The fourth-order valence-corrected chi connectivity index (χ4v) is 2.23. The Balaban J connectivity index is 2.04. The number of nitrogens with zero attached hydrogens (tertiary/aromatic N) is 1. The number of likely N-dealkylation sites (N-methyl/N-ethyl adjacent to an activating group) is 1. The fraction of sp³-hybridized carbons (Fsp3) is 0.500. The summed E-state index contributed by atoms with van der Waals surface area (Å²) in [6, 6.07) is 7.88. The number of rotatable bonds is 3. The maximum atomic E-state index is 10.1. The number of likely N-dealkylation sites (tertiary alicyclic amines) is 1. The van der Waals surface area contributed by atoms with Gasteiger partial charge in [0.25, 0.3) is 0 Å². The molecule has 0 amide bonds. The average molecular weight is 207 g/mol. The average Bonchev–Trinajstić information content (AvgIpc) is 2.16. The van der Waals surface area contributed by atoms with E-state index in [-0.39, 0.29) is 0 Å². The van der Waals surface area contributed by atoms with Crippen LogP contribution in [0, 0.1) is 0 Å². The van der Waals surface area contributed by atoms with Gasteiger partial charge in [0.15, 0.2) is 0 Å². The van der Waals surface area contributed by atoms with Crippen LogP contribution in [0.3, 0.4) is 0 Å². The van der Waals surface area contributed by atoms with Crippen molar-refractivity contribution >= 4 is 0 Å². The maximum absolute atomic E-state index is 10.1. The quantitative estimate of drug-likeness (QED) is 0.800. The van der Waals surface area contributed by atoms with Crippen LogP contribution in [-0.2, 0) is 6.42 Å². The Labute approximate surface area is 90.3 Å². The molecule has 1 fully saturated rings. The van der Waals surface area contributed by atoms with Crippen LogP contribution in [0.25, 0.3) is 0 Å². The molecule has 0 radical (unpaired) electrons. The zero-order chi connectivity index (χ0) is 10.9. The van der Waals surface area contributed by atoms with Crippen molar-refractivity contribution in [1.82, 2.24) is 4.90 Å². The lowest BCUT2D eigenvalue weighted by molar-refractivity contribution is -0.0847. The molecule has 0 bridgehead atoms. The molecule has 1 saturated heterocycles. The van der Waals surface area contributed by atoms with Crippen molar-refractivity contribution in [3.63, 3.8) is 0 Å². The van der Waals surface area contributed by atoms with Gasteiger partial charge in [-0.2, -0.15) is 0 Å². The van der Waals surface area contributed by atoms with Crippen LogP contribution in [0.15, 0.2) is 24.3 Å². The van der Waals surface area contributed by atoms with E-state index in [1.54, 1.807) is 7.11 Å². The van der Waals surface area contributed by atoms with E-state index in [9.17, 15) is 5.11 Å². The first-order valence-corrected chi connectivity index (χ1v) is 5.15. The molecule has 82 valence electrons. The Morgan fingerprint density at radius 2 is 2.20 bits per heavy atom. The second-order valence-electron chi connectivity index (χ2n) is 4.42. The van der Waals surface area contributed by atoms with E-state index < -0.39 is 5.60 Å². The second kappa shape index (κ2) is 3.83. The lowest BCUT2D eigenvalue weighted by Gasteiger charge is -2.44. The Morgan fingerprint density at radius 3 is 2.80 bits per heavy atom. The normalized spacial score (nSPS) is 19.7. The minimum absolute atomic E-state index is 0.541. The second-order valence-corrected chi connectivity index (χ2v) is 4.42. The molecule has 0 atom stereocenters. The molecule has 1 heterocycles. The molecule has 0 spiro atoms.